The quantitative estimate of drug-likeness (QED) is 0.676. The number of hydrogen-bond acceptors (Lipinski definition) is 2. The second-order valence-corrected chi connectivity index (χ2v) is 6.60. The summed E-state index contributed by atoms with van der Waals surface area (Å²) in [5.74, 6) is 0.431. The van der Waals surface area contributed by atoms with Crippen molar-refractivity contribution in [3.05, 3.63) is 56.6 Å². The van der Waals surface area contributed by atoms with Crippen molar-refractivity contribution in [3.63, 3.8) is 0 Å². The molecule has 0 aliphatic rings. The fraction of sp³-hybridized carbons (Fsp3) is 0.235. The average molecular weight is 430 g/mol. The molecule has 0 heterocycles. The molecule has 5 heteroatoms. The van der Waals surface area contributed by atoms with E-state index in [-0.39, 0.29) is 5.91 Å². The molecule has 1 amide bonds. The molecule has 2 aromatic rings. The summed E-state index contributed by atoms with van der Waals surface area (Å²) in [6.45, 7) is 3.88. The Morgan fingerprint density at radius 2 is 2.09 bits per heavy atom. The van der Waals surface area contributed by atoms with Gasteiger partial charge >= 0.3 is 0 Å². The molecule has 22 heavy (non-hydrogen) atoms. The molecule has 0 aliphatic carbocycles. The summed E-state index contributed by atoms with van der Waals surface area (Å²) in [6, 6.07) is 12.9. The van der Waals surface area contributed by atoms with Crippen LogP contribution in [-0.2, 0) is 4.79 Å². The van der Waals surface area contributed by atoms with Crippen LogP contribution in [0, 0.1) is 10.5 Å². The molecule has 0 saturated carbocycles. The Balaban J connectivity index is 2.08. The van der Waals surface area contributed by atoms with Crippen LogP contribution in [-0.4, -0.2) is 12.0 Å². The molecule has 0 spiro atoms. The standard InChI is InChI=1S/C17H17ClINO2/c1-3-16(22-14-6-4-5-12(18)10-14)17(21)20-15-8-7-13(19)9-11(15)2/h4-10,16H,3H2,1-2H3,(H,20,21)/t16-/m0/s1. The first-order valence-electron chi connectivity index (χ1n) is 6.99. The van der Waals surface area contributed by atoms with Gasteiger partial charge in [-0.1, -0.05) is 24.6 Å². The number of ether oxygens (including phenoxy) is 1. The maximum absolute atomic E-state index is 12.4. The molecule has 0 radical (unpaired) electrons. The fourth-order valence-electron chi connectivity index (χ4n) is 2.01. The van der Waals surface area contributed by atoms with Gasteiger partial charge in [0, 0.05) is 14.3 Å². The van der Waals surface area contributed by atoms with E-state index in [9.17, 15) is 4.79 Å². The van der Waals surface area contributed by atoms with Gasteiger partial charge in [0.05, 0.1) is 0 Å². The van der Waals surface area contributed by atoms with Gasteiger partial charge in [0.25, 0.3) is 5.91 Å². The van der Waals surface area contributed by atoms with Crippen molar-refractivity contribution < 1.29 is 9.53 Å². The van der Waals surface area contributed by atoms with E-state index in [2.05, 4.69) is 27.9 Å². The van der Waals surface area contributed by atoms with Gasteiger partial charge in [-0.3, -0.25) is 4.79 Å². The van der Waals surface area contributed by atoms with Crippen LogP contribution in [0.1, 0.15) is 18.9 Å². The third-order valence-electron chi connectivity index (χ3n) is 3.18. The topological polar surface area (TPSA) is 38.3 Å². The molecule has 116 valence electrons. The van der Waals surface area contributed by atoms with Crippen LogP contribution in [0.3, 0.4) is 0 Å². The highest BCUT2D eigenvalue weighted by Crippen LogP contribution is 2.21. The molecule has 0 saturated heterocycles. The van der Waals surface area contributed by atoms with Crippen molar-refractivity contribution in [2.24, 2.45) is 0 Å². The largest absolute Gasteiger partial charge is 0.481 e. The zero-order valence-electron chi connectivity index (χ0n) is 12.4. The minimum absolute atomic E-state index is 0.160. The maximum Gasteiger partial charge on any atom is 0.265 e. The van der Waals surface area contributed by atoms with E-state index in [1.165, 1.54) is 0 Å². The van der Waals surface area contributed by atoms with Crippen molar-refractivity contribution in [2.75, 3.05) is 5.32 Å². The van der Waals surface area contributed by atoms with Gasteiger partial charge in [-0.25, -0.2) is 0 Å². The van der Waals surface area contributed by atoms with Crippen molar-refractivity contribution in [2.45, 2.75) is 26.4 Å². The van der Waals surface area contributed by atoms with Crippen LogP contribution in [0.5, 0.6) is 5.75 Å². The lowest BCUT2D eigenvalue weighted by Crippen LogP contribution is -2.32. The number of hydrogen-bond donors (Lipinski definition) is 1. The number of benzene rings is 2. The molecule has 0 fully saturated rings. The number of rotatable bonds is 5. The Hall–Kier alpha value is -1.27. The molecule has 1 atom stereocenters. The lowest BCUT2D eigenvalue weighted by atomic mass is 10.2. The molecule has 2 rings (SSSR count). The molecule has 0 aromatic heterocycles. The smallest absolute Gasteiger partial charge is 0.265 e. The summed E-state index contributed by atoms with van der Waals surface area (Å²) in [4.78, 5) is 12.4. The predicted molar refractivity (Wildman–Crippen MR) is 98.7 cm³/mol. The molecule has 0 unspecified atom stereocenters. The first-order valence-corrected chi connectivity index (χ1v) is 8.44. The van der Waals surface area contributed by atoms with Crippen molar-refractivity contribution >= 4 is 45.8 Å². The van der Waals surface area contributed by atoms with Crippen LogP contribution < -0.4 is 10.1 Å². The van der Waals surface area contributed by atoms with E-state index in [4.69, 9.17) is 16.3 Å². The summed E-state index contributed by atoms with van der Waals surface area (Å²) in [6.07, 6.45) is 0.0130. The monoisotopic (exact) mass is 429 g/mol. The van der Waals surface area contributed by atoms with Gasteiger partial charge < -0.3 is 10.1 Å². The normalized spacial score (nSPS) is 11.8. The average Bonchev–Trinajstić information content (AvgIpc) is 2.47. The summed E-state index contributed by atoms with van der Waals surface area (Å²) in [5.41, 5.74) is 1.83. The molecule has 2 aromatic carbocycles. The fourth-order valence-corrected chi connectivity index (χ4v) is 2.83. The van der Waals surface area contributed by atoms with Crippen molar-refractivity contribution in [1.82, 2.24) is 0 Å². The third kappa shape index (κ3) is 4.61. The Kier molecular flexibility index (Phi) is 6.08. The van der Waals surface area contributed by atoms with Gasteiger partial charge in [-0.15, -0.1) is 0 Å². The Labute approximate surface area is 149 Å². The zero-order valence-corrected chi connectivity index (χ0v) is 15.3. The zero-order chi connectivity index (χ0) is 16.1. The molecule has 0 aliphatic heterocycles. The van der Waals surface area contributed by atoms with Crippen LogP contribution in [0.4, 0.5) is 5.69 Å². The van der Waals surface area contributed by atoms with Gasteiger partial charge in [-0.2, -0.15) is 0 Å². The van der Waals surface area contributed by atoms with E-state index in [1.54, 1.807) is 24.3 Å². The van der Waals surface area contributed by atoms with Crippen LogP contribution in [0.15, 0.2) is 42.5 Å². The van der Waals surface area contributed by atoms with Crippen molar-refractivity contribution in [3.8, 4) is 5.75 Å². The Morgan fingerprint density at radius 3 is 2.73 bits per heavy atom. The second kappa shape index (κ2) is 7.83. The first-order chi connectivity index (χ1) is 10.5. The third-order valence-corrected chi connectivity index (χ3v) is 4.09. The number of anilines is 1. The molecular formula is C17H17ClINO2. The Bertz CT molecular complexity index is 675. The highest BCUT2D eigenvalue weighted by Gasteiger charge is 2.19. The minimum Gasteiger partial charge on any atom is -0.481 e. The summed E-state index contributed by atoms with van der Waals surface area (Å²) in [7, 11) is 0. The van der Waals surface area contributed by atoms with Gasteiger partial charge in [0.15, 0.2) is 6.10 Å². The first kappa shape index (κ1) is 17.1. The lowest BCUT2D eigenvalue weighted by Gasteiger charge is -2.18. The van der Waals surface area contributed by atoms with E-state index in [0.29, 0.717) is 17.2 Å². The number of halogens is 2. The van der Waals surface area contributed by atoms with Crippen LogP contribution in [0.25, 0.3) is 0 Å². The van der Waals surface area contributed by atoms with E-state index in [0.717, 1.165) is 14.8 Å². The summed E-state index contributed by atoms with van der Waals surface area (Å²) < 4.78 is 6.88. The van der Waals surface area contributed by atoms with E-state index < -0.39 is 6.10 Å². The van der Waals surface area contributed by atoms with Gasteiger partial charge in [0.2, 0.25) is 0 Å². The lowest BCUT2D eigenvalue weighted by molar-refractivity contribution is -0.122. The number of aryl methyl sites for hydroxylation is 1. The van der Waals surface area contributed by atoms with Gasteiger partial charge in [-0.05, 0) is 77.9 Å². The molecular weight excluding hydrogens is 413 g/mol. The number of carbonyl (C=O) groups excluding carboxylic acids is 1. The number of carbonyl (C=O) groups is 1. The highest BCUT2D eigenvalue weighted by atomic mass is 127. The number of amides is 1. The second-order valence-electron chi connectivity index (χ2n) is 4.92. The SMILES string of the molecule is CC[C@H](Oc1cccc(Cl)c1)C(=O)Nc1ccc(I)cc1C. The predicted octanol–water partition coefficient (Wildman–Crippen LogP) is 5.05. The van der Waals surface area contributed by atoms with Crippen molar-refractivity contribution in [1.29, 1.82) is 0 Å². The van der Waals surface area contributed by atoms with Crippen LogP contribution >= 0.6 is 34.2 Å². The van der Waals surface area contributed by atoms with Gasteiger partial charge in [0.1, 0.15) is 5.75 Å². The van der Waals surface area contributed by atoms with E-state index in [1.807, 2.05) is 32.0 Å². The Morgan fingerprint density at radius 1 is 1.32 bits per heavy atom. The van der Waals surface area contributed by atoms with Crippen LogP contribution in [0.2, 0.25) is 5.02 Å². The molecule has 1 N–H and O–H groups in total. The summed E-state index contributed by atoms with van der Waals surface area (Å²) >= 11 is 8.18. The molecule has 0 bridgehead atoms. The highest BCUT2D eigenvalue weighted by molar-refractivity contribution is 14.1. The maximum atomic E-state index is 12.4. The minimum atomic E-state index is -0.558. The summed E-state index contributed by atoms with van der Waals surface area (Å²) in [5, 5.41) is 3.51. The number of nitrogens with one attached hydrogen (secondary N) is 1. The van der Waals surface area contributed by atoms with E-state index >= 15 is 0 Å². The molecule has 3 nitrogen and oxygen atoms in total.